The van der Waals surface area contributed by atoms with Crippen molar-refractivity contribution in [2.75, 3.05) is 5.32 Å². The zero-order chi connectivity index (χ0) is 8.27. The maximum atomic E-state index is 8.29. The van der Waals surface area contributed by atoms with Crippen LogP contribution >= 0.6 is 11.6 Å². The summed E-state index contributed by atoms with van der Waals surface area (Å²) in [5, 5.41) is 11.3. The van der Waals surface area contributed by atoms with Crippen LogP contribution in [-0.2, 0) is 0 Å². The molecule has 2 nitrogen and oxygen atoms in total. The average molecular weight is 167 g/mol. The van der Waals surface area contributed by atoms with Crippen LogP contribution in [0, 0.1) is 18.4 Å². The van der Waals surface area contributed by atoms with Crippen LogP contribution in [0.25, 0.3) is 0 Å². The van der Waals surface area contributed by atoms with Crippen molar-refractivity contribution >= 4 is 17.3 Å². The minimum Gasteiger partial charge on any atom is -0.291 e. The maximum Gasteiger partial charge on any atom is 0.181 e. The van der Waals surface area contributed by atoms with E-state index in [0.717, 1.165) is 5.56 Å². The lowest BCUT2D eigenvalue weighted by atomic mass is 10.2. The molecular weight excluding hydrogens is 160 g/mol. The summed E-state index contributed by atoms with van der Waals surface area (Å²) in [7, 11) is 0. The standard InChI is InChI=1S/C8H7ClN2/c1-6-2-3-8(11-5-10)7(9)4-6/h2-4,11H,1H3. The van der Waals surface area contributed by atoms with Crippen LogP contribution in [0.15, 0.2) is 18.2 Å². The van der Waals surface area contributed by atoms with Crippen LogP contribution in [-0.4, -0.2) is 0 Å². The second kappa shape index (κ2) is 3.27. The number of rotatable bonds is 1. The highest BCUT2D eigenvalue weighted by molar-refractivity contribution is 6.33. The SMILES string of the molecule is Cc1ccc(NC#N)c(Cl)c1. The van der Waals surface area contributed by atoms with Gasteiger partial charge in [-0.1, -0.05) is 17.7 Å². The molecule has 11 heavy (non-hydrogen) atoms. The topological polar surface area (TPSA) is 35.8 Å². The number of hydrogen-bond donors (Lipinski definition) is 1. The lowest BCUT2D eigenvalue weighted by molar-refractivity contribution is 1.44. The number of anilines is 1. The number of halogens is 1. The van der Waals surface area contributed by atoms with Crippen molar-refractivity contribution in [2.24, 2.45) is 0 Å². The molecule has 0 aromatic heterocycles. The van der Waals surface area contributed by atoms with Gasteiger partial charge in [-0.2, -0.15) is 5.26 Å². The number of benzene rings is 1. The van der Waals surface area contributed by atoms with E-state index in [4.69, 9.17) is 16.9 Å². The number of nitrogens with one attached hydrogen (secondary N) is 1. The lowest BCUT2D eigenvalue weighted by Gasteiger charge is -2.00. The van der Waals surface area contributed by atoms with Crippen molar-refractivity contribution in [3.8, 4) is 6.19 Å². The normalized spacial score (nSPS) is 8.82. The van der Waals surface area contributed by atoms with Gasteiger partial charge in [0.2, 0.25) is 0 Å². The predicted molar refractivity (Wildman–Crippen MR) is 45.4 cm³/mol. The Bertz CT molecular complexity index is 301. The molecule has 1 aromatic rings. The van der Waals surface area contributed by atoms with E-state index in [-0.39, 0.29) is 0 Å². The Morgan fingerprint density at radius 1 is 1.55 bits per heavy atom. The monoisotopic (exact) mass is 166 g/mol. The summed E-state index contributed by atoms with van der Waals surface area (Å²) < 4.78 is 0. The van der Waals surface area contributed by atoms with E-state index in [2.05, 4.69) is 5.32 Å². The van der Waals surface area contributed by atoms with E-state index < -0.39 is 0 Å². The van der Waals surface area contributed by atoms with Gasteiger partial charge in [0, 0.05) is 0 Å². The van der Waals surface area contributed by atoms with Gasteiger partial charge in [-0.3, -0.25) is 5.32 Å². The second-order valence-electron chi connectivity index (χ2n) is 2.22. The van der Waals surface area contributed by atoms with Crippen molar-refractivity contribution in [3.05, 3.63) is 28.8 Å². The Hall–Kier alpha value is -1.20. The quantitative estimate of drug-likeness (QED) is 0.514. The van der Waals surface area contributed by atoms with Crippen LogP contribution in [0.2, 0.25) is 5.02 Å². The summed E-state index contributed by atoms with van der Waals surface area (Å²) >= 11 is 5.79. The first kappa shape index (κ1) is 7.90. The Morgan fingerprint density at radius 2 is 2.27 bits per heavy atom. The molecule has 1 aromatic carbocycles. The number of nitriles is 1. The van der Waals surface area contributed by atoms with Gasteiger partial charge >= 0.3 is 0 Å². The third-order valence-corrected chi connectivity index (χ3v) is 1.63. The van der Waals surface area contributed by atoms with E-state index in [1.165, 1.54) is 0 Å². The molecule has 0 amide bonds. The van der Waals surface area contributed by atoms with Gasteiger partial charge in [0.05, 0.1) is 10.7 Å². The highest BCUT2D eigenvalue weighted by atomic mass is 35.5. The fourth-order valence-corrected chi connectivity index (χ4v) is 1.06. The lowest BCUT2D eigenvalue weighted by Crippen LogP contribution is -1.87. The Labute approximate surface area is 70.4 Å². The van der Waals surface area contributed by atoms with Crippen molar-refractivity contribution in [2.45, 2.75) is 6.92 Å². The molecule has 0 saturated carbocycles. The van der Waals surface area contributed by atoms with Crippen LogP contribution in [0.4, 0.5) is 5.69 Å². The molecule has 1 N–H and O–H groups in total. The van der Waals surface area contributed by atoms with E-state index in [1.54, 1.807) is 12.1 Å². The zero-order valence-corrected chi connectivity index (χ0v) is 6.81. The van der Waals surface area contributed by atoms with E-state index in [1.807, 2.05) is 19.2 Å². The summed E-state index contributed by atoms with van der Waals surface area (Å²) in [6.07, 6.45) is 1.81. The minimum atomic E-state index is 0.576. The van der Waals surface area contributed by atoms with E-state index in [0.29, 0.717) is 10.7 Å². The molecule has 0 radical (unpaired) electrons. The average Bonchev–Trinajstić information content (AvgIpc) is 1.95. The number of aryl methyl sites for hydroxylation is 1. The third-order valence-electron chi connectivity index (χ3n) is 1.32. The van der Waals surface area contributed by atoms with Gasteiger partial charge in [0.15, 0.2) is 6.19 Å². The predicted octanol–water partition coefficient (Wildman–Crippen LogP) is 2.54. The van der Waals surface area contributed by atoms with Gasteiger partial charge in [0.25, 0.3) is 0 Å². The summed E-state index contributed by atoms with van der Waals surface area (Å²) in [5.74, 6) is 0. The Morgan fingerprint density at radius 3 is 2.82 bits per heavy atom. The van der Waals surface area contributed by atoms with E-state index in [9.17, 15) is 0 Å². The fourth-order valence-electron chi connectivity index (χ4n) is 0.782. The van der Waals surface area contributed by atoms with Gasteiger partial charge in [-0.05, 0) is 24.6 Å². The van der Waals surface area contributed by atoms with Gasteiger partial charge in [0.1, 0.15) is 0 Å². The van der Waals surface area contributed by atoms with Crippen molar-refractivity contribution in [3.63, 3.8) is 0 Å². The van der Waals surface area contributed by atoms with Gasteiger partial charge in [-0.25, -0.2) is 0 Å². The zero-order valence-electron chi connectivity index (χ0n) is 6.06. The fraction of sp³-hybridized carbons (Fsp3) is 0.125. The maximum absolute atomic E-state index is 8.29. The summed E-state index contributed by atoms with van der Waals surface area (Å²) in [4.78, 5) is 0. The molecule has 0 heterocycles. The second-order valence-corrected chi connectivity index (χ2v) is 2.63. The molecule has 0 aliphatic carbocycles. The largest absolute Gasteiger partial charge is 0.291 e. The minimum absolute atomic E-state index is 0.576. The molecule has 0 aliphatic heterocycles. The third kappa shape index (κ3) is 1.86. The van der Waals surface area contributed by atoms with Crippen LogP contribution in [0.1, 0.15) is 5.56 Å². The molecule has 0 aliphatic rings. The highest BCUT2D eigenvalue weighted by Crippen LogP contribution is 2.21. The van der Waals surface area contributed by atoms with Crippen molar-refractivity contribution in [1.82, 2.24) is 0 Å². The van der Waals surface area contributed by atoms with Crippen molar-refractivity contribution in [1.29, 1.82) is 5.26 Å². The van der Waals surface area contributed by atoms with Gasteiger partial charge < -0.3 is 0 Å². The number of nitrogens with zero attached hydrogens (tertiary/aromatic N) is 1. The molecule has 56 valence electrons. The molecule has 0 saturated heterocycles. The number of hydrogen-bond acceptors (Lipinski definition) is 2. The Balaban J connectivity index is 3.01. The molecule has 3 heteroatoms. The smallest absolute Gasteiger partial charge is 0.181 e. The van der Waals surface area contributed by atoms with Crippen LogP contribution < -0.4 is 5.32 Å². The summed E-state index contributed by atoms with van der Waals surface area (Å²) in [5.41, 5.74) is 1.73. The highest BCUT2D eigenvalue weighted by Gasteiger charge is 1.97. The summed E-state index contributed by atoms with van der Waals surface area (Å²) in [6, 6.07) is 5.48. The van der Waals surface area contributed by atoms with Crippen LogP contribution in [0.3, 0.4) is 0 Å². The first-order valence-electron chi connectivity index (χ1n) is 3.15. The molecule has 0 spiro atoms. The molecular formula is C8H7ClN2. The molecule has 1 rings (SSSR count). The summed E-state index contributed by atoms with van der Waals surface area (Å²) in [6.45, 7) is 1.95. The molecule has 0 fully saturated rings. The van der Waals surface area contributed by atoms with Crippen molar-refractivity contribution < 1.29 is 0 Å². The van der Waals surface area contributed by atoms with E-state index >= 15 is 0 Å². The molecule has 0 unspecified atom stereocenters. The first-order chi connectivity index (χ1) is 5.24. The molecule has 0 atom stereocenters. The molecule has 0 bridgehead atoms. The van der Waals surface area contributed by atoms with Gasteiger partial charge in [-0.15, -0.1) is 0 Å². The first-order valence-corrected chi connectivity index (χ1v) is 3.53. The van der Waals surface area contributed by atoms with Crippen LogP contribution in [0.5, 0.6) is 0 Å². The Kier molecular flexibility index (Phi) is 2.35.